The average molecular weight is 278 g/mol. The highest BCUT2D eigenvalue weighted by Gasteiger charge is 2.12. The van der Waals surface area contributed by atoms with Crippen LogP contribution >= 0.6 is 11.6 Å². The van der Waals surface area contributed by atoms with Crippen molar-refractivity contribution < 1.29 is 9.13 Å². The quantitative estimate of drug-likeness (QED) is 0.804. The van der Waals surface area contributed by atoms with Crippen molar-refractivity contribution >= 4 is 11.6 Å². The van der Waals surface area contributed by atoms with Crippen LogP contribution in [0.15, 0.2) is 30.5 Å². The van der Waals surface area contributed by atoms with Crippen molar-refractivity contribution in [3.8, 4) is 11.6 Å². The summed E-state index contributed by atoms with van der Waals surface area (Å²) in [6, 6.07) is 7.09. The second-order valence-electron chi connectivity index (χ2n) is 4.68. The molecule has 0 aliphatic heterocycles. The number of hydrogen-bond acceptors (Lipinski definition) is 2. The van der Waals surface area contributed by atoms with E-state index in [1.165, 1.54) is 36.2 Å². The summed E-state index contributed by atoms with van der Waals surface area (Å²) in [6.07, 6.45) is 5.98. The van der Waals surface area contributed by atoms with Crippen molar-refractivity contribution in [2.45, 2.75) is 25.7 Å². The minimum absolute atomic E-state index is 0.0415. The third kappa shape index (κ3) is 2.71. The number of nitrogens with zero attached hydrogens (tertiary/aromatic N) is 1. The van der Waals surface area contributed by atoms with E-state index in [1.807, 2.05) is 12.1 Å². The summed E-state index contributed by atoms with van der Waals surface area (Å²) in [5.41, 5.74) is 2.65. The lowest BCUT2D eigenvalue weighted by atomic mass is 9.92. The number of rotatable bonds is 2. The monoisotopic (exact) mass is 277 g/mol. The molecule has 2 aromatic rings. The molecule has 0 saturated carbocycles. The maximum absolute atomic E-state index is 13.6. The first-order valence-electron chi connectivity index (χ1n) is 6.33. The SMILES string of the molecule is Fc1cc(Cl)cnc1Oc1ccc2c(c1)CCCC2. The van der Waals surface area contributed by atoms with E-state index in [4.69, 9.17) is 16.3 Å². The molecule has 1 aliphatic carbocycles. The second kappa shape index (κ2) is 5.17. The predicted octanol–water partition coefficient (Wildman–Crippen LogP) is 4.55. The van der Waals surface area contributed by atoms with E-state index < -0.39 is 5.82 Å². The average Bonchev–Trinajstić information content (AvgIpc) is 2.42. The van der Waals surface area contributed by atoms with Crippen LogP contribution < -0.4 is 4.74 Å². The fourth-order valence-corrected chi connectivity index (χ4v) is 2.51. The Hall–Kier alpha value is -1.61. The van der Waals surface area contributed by atoms with Crippen LogP contribution in [0.1, 0.15) is 24.0 Å². The molecule has 0 bridgehead atoms. The van der Waals surface area contributed by atoms with Gasteiger partial charge >= 0.3 is 0 Å². The van der Waals surface area contributed by atoms with Crippen molar-refractivity contribution in [1.29, 1.82) is 0 Å². The number of aromatic nitrogens is 1. The molecule has 4 heteroatoms. The number of ether oxygens (including phenoxy) is 1. The first kappa shape index (κ1) is 12.4. The highest BCUT2D eigenvalue weighted by molar-refractivity contribution is 6.30. The van der Waals surface area contributed by atoms with Gasteiger partial charge in [-0.05, 0) is 55.0 Å². The summed E-state index contributed by atoms with van der Waals surface area (Å²) in [5.74, 6) is 0.0275. The van der Waals surface area contributed by atoms with Crippen LogP contribution in [0.4, 0.5) is 4.39 Å². The van der Waals surface area contributed by atoms with Gasteiger partial charge < -0.3 is 4.74 Å². The van der Waals surface area contributed by atoms with Crippen molar-refractivity contribution in [1.82, 2.24) is 4.98 Å². The number of halogens is 2. The number of hydrogen-bond donors (Lipinski definition) is 0. The number of pyridine rings is 1. The topological polar surface area (TPSA) is 22.1 Å². The van der Waals surface area contributed by atoms with Crippen molar-refractivity contribution in [3.63, 3.8) is 0 Å². The summed E-state index contributed by atoms with van der Waals surface area (Å²) in [6.45, 7) is 0. The fraction of sp³-hybridized carbons (Fsp3) is 0.267. The smallest absolute Gasteiger partial charge is 0.255 e. The van der Waals surface area contributed by atoms with Gasteiger partial charge in [0.05, 0.1) is 5.02 Å². The van der Waals surface area contributed by atoms with Crippen LogP contribution in [0.3, 0.4) is 0 Å². The first-order valence-corrected chi connectivity index (χ1v) is 6.71. The maximum Gasteiger partial charge on any atom is 0.255 e. The molecule has 1 aromatic heterocycles. The molecular weight excluding hydrogens is 265 g/mol. The Balaban J connectivity index is 1.87. The van der Waals surface area contributed by atoms with E-state index in [0.29, 0.717) is 5.75 Å². The summed E-state index contributed by atoms with van der Waals surface area (Å²) in [4.78, 5) is 3.86. The van der Waals surface area contributed by atoms with E-state index in [2.05, 4.69) is 11.1 Å². The first-order chi connectivity index (χ1) is 9.22. The summed E-state index contributed by atoms with van der Waals surface area (Å²) in [5, 5.41) is 0.260. The lowest BCUT2D eigenvalue weighted by Crippen LogP contribution is -2.02. The van der Waals surface area contributed by atoms with Gasteiger partial charge in [-0.1, -0.05) is 17.7 Å². The van der Waals surface area contributed by atoms with E-state index in [-0.39, 0.29) is 10.9 Å². The zero-order chi connectivity index (χ0) is 13.2. The van der Waals surface area contributed by atoms with Gasteiger partial charge in [0.15, 0.2) is 5.82 Å². The summed E-state index contributed by atoms with van der Waals surface area (Å²) < 4.78 is 19.1. The van der Waals surface area contributed by atoms with Gasteiger partial charge in [-0.3, -0.25) is 0 Å². The van der Waals surface area contributed by atoms with Gasteiger partial charge in [-0.25, -0.2) is 9.37 Å². The standard InChI is InChI=1S/C15H13ClFNO/c16-12-8-14(17)15(18-9-12)19-13-6-5-10-3-1-2-4-11(10)7-13/h5-9H,1-4H2. The van der Waals surface area contributed by atoms with Gasteiger partial charge in [0.1, 0.15) is 5.75 Å². The van der Waals surface area contributed by atoms with Crippen LogP contribution in [0.5, 0.6) is 11.6 Å². The largest absolute Gasteiger partial charge is 0.436 e. The third-order valence-corrected chi connectivity index (χ3v) is 3.52. The Bertz CT molecular complexity index is 615. The lowest BCUT2D eigenvalue weighted by molar-refractivity contribution is 0.422. The van der Waals surface area contributed by atoms with Gasteiger partial charge in [-0.2, -0.15) is 0 Å². The van der Waals surface area contributed by atoms with Gasteiger partial charge in [0.25, 0.3) is 5.88 Å². The van der Waals surface area contributed by atoms with Gasteiger partial charge in [0, 0.05) is 6.20 Å². The molecule has 0 N–H and O–H groups in total. The predicted molar refractivity (Wildman–Crippen MR) is 72.4 cm³/mol. The molecule has 1 aromatic carbocycles. The van der Waals surface area contributed by atoms with Crippen LogP contribution in [0.25, 0.3) is 0 Å². The molecule has 0 amide bonds. The highest BCUT2D eigenvalue weighted by Crippen LogP contribution is 2.29. The molecule has 0 atom stereocenters. The fourth-order valence-electron chi connectivity index (χ4n) is 2.36. The molecule has 98 valence electrons. The van der Waals surface area contributed by atoms with E-state index in [0.717, 1.165) is 12.8 Å². The molecule has 0 radical (unpaired) electrons. The van der Waals surface area contributed by atoms with E-state index >= 15 is 0 Å². The zero-order valence-corrected chi connectivity index (χ0v) is 11.1. The normalized spacial score (nSPS) is 14.0. The van der Waals surface area contributed by atoms with Crippen LogP contribution in [-0.4, -0.2) is 4.98 Å². The van der Waals surface area contributed by atoms with Gasteiger partial charge in [0.2, 0.25) is 0 Å². The van der Waals surface area contributed by atoms with E-state index in [9.17, 15) is 4.39 Å². The minimum Gasteiger partial charge on any atom is -0.436 e. The second-order valence-corrected chi connectivity index (χ2v) is 5.12. The Morgan fingerprint density at radius 1 is 1.11 bits per heavy atom. The molecular formula is C15H13ClFNO. The summed E-state index contributed by atoms with van der Waals surface area (Å²) in [7, 11) is 0. The molecule has 0 unspecified atom stereocenters. The lowest BCUT2D eigenvalue weighted by Gasteiger charge is -2.16. The Labute approximate surface area is 116 Å². The Morgan fingerprint density at radius 3 is 2.68 bits per heavy atom. The third-order valence-electron chi connectivity index (χ3n) is 3.31. The van der Waals surface area contributed by atoms with Crippen molar-refractivity contribution in [2.75, 3.05) is 0 Å². The highest BCUT2D eigenvalue weighted by atomic mass is 35.5. The molecule has 1 heterocycles. The van der Waals surface area contributed by atoms with Crippen LogP contribution in [0.2, 0.25) is 5.02 Å². The number of benzene rings is 1. The zero-order valence-electron chi connectivity index (χ0n) is 10.3. The molecule has 2 nitrogen and oxygen atoms in total. The Morgan fingerprint density at radius 2 is 1.89 bits per heavy atom. The number of fused-ring (bicyclic) bond motifs is 1. The van der Waals surface area contributed by atoms with Crippen LogP contribution in [0, 0.1) is 5.82 Å². The maximum atomic E-state index is 13.6. The molecule has 0 saturated heterocycles. The molecule has 0 fully saturated rings. The molecule has 3 rings (SSSR count). The van der Waals surface area contributed by atoms with Crippen LogP contribution in [-0.2, 0) is 12.8 Å². The molecule has 19 heavy (non-hydrogen) atoms. The van der Waals surface area contributed by atoms with E-state index in [1.54, 1.807) is 0 Å². The van der Waals surface area contributed by atoms with Crippen molar-refractivity contribution in [2.24, 2.45) is 0 Å². The molecule has 0 spiro atoms. The number of aryl methyl sites for hydroxylation is 2. The van der Waals surface area contributed by atoms with Crippen molar-refractivity contribution in [3.05, 3.63) is 52.4 Å². The summed E-state index contributed by atoms with van der Waals surface area (Å²) >= 11 is 5.66. The van der Waals surface area contributed by atoms with Gasteiger partial charge in [-0.15, -0.1) is 0 Å². The minimum atomic E-state index is -0.551. The molecule has 1 aliphatic rings. The Kier molecular flexibility index (Phi) is 3.38.